The molecule has 0 radical (unpaired) electrons. The van der Waals surface area contributed by atoms with E-state index in [0.717, 1.165) is 30.2 Å². The molecule has 4 unspecified atom stereocenters. The third-order valence-corrected chi connectivity index (χ3v) is 6.13. The second kappa shape index (κ2) is 4.82. The van der Waals surface area contributed by atoms with E-state index in [1.54, 1.807) is 0 Å². The largest absolute Gasteiger partial charge is 0.417 e. The fourth-order valence-corrected chi connectivity index (χ4v) is 5.00. The lowest BCUT2D eigenvalue weighted by molar-refractivity contribution is -0.138. The Morgan fingerprint density at radius 3 is 2.13 bits per heavy atom. The molecule has 23 heavy (non-hydrogen) atoms. The lowest BCUT2D eigenvalue weighted by Gasteiger charge is -2.19. The molecule has 7 heteroatoms. The van der Waals surface area contributed by atoms with Crippen LogP contribution in [0.3, 0.4) is 0 Å². The lowest BCUT2D eigenvalue weighted by Crippen LogP contribution is -2.33. The van der Waals surface area contributed by atoms with Gasteiger partial charge >= 0.3 is 6.18 Å². The summed E-state index contributed by atoms with van der Waals surface area (Å²) in [5.41, 5.74) is -0.861. The molecule has 3 nitrogen and oxygen atoms in total. The topological polar surface area (TPSA) is 37.4 Å². The van der Waals surface area contributed by atoms with E-state index in [9.17, 15) is 22.8 Å². The van der Waals surface area contributed by atoms with Crippen LogP contribution in [-0.2, 0) is 15.8 Å². The highest BCUT2D eigenvalue weighted by Gasteiger charge is 2.61. The van der Waals surface area contributed by atoms with Crippen LogP contribution in [0.1, 0.15) is 24.8 Å². The summed E-state index contributed by atoms with van der Waals surface area (Å²) in [6.45, 7) is 0. The second-order valence-electron chi connectivity index (χ2n) is 6.56. The Kier molecular flexibility index (Phi) is 3.18. The van der Waals surface area contributed by atoms with Crippen molar-refractivity contribution in [3.05, 3.63) is 28.2 Å². The standard InChI is InChI=1S/C16H13BrF3NO2/c17-11-4-3-9(6-10(11)16(18,19)20)21-14(22)12-7-1-2-8(5-7)13(12)15(21)23/h3-4,6-8,12-13H,1-2,5H2. The van der Waals surface area contributed by atoms with E-state index in [-0.39, 0.29) is 45.6 Å². The summed E-state index contributed by atoms with van der Waals surface area (Å²) >= 11 is 2.87. The van der Waals surface area contributed by atoms with E-state index >= 15 is 0 Å². The van der Waals surface area contributed by atoms with E-state index in [2.05, 4.69) is 15.9 Å². The fraction of sp³-hybridized carbons (Fsp3) is 0.500. The summed E-state index contributed by atoms with van der Waals surface area (Å²) < 4.78 is 39.1. The molecule has 1 aromatic carbocycles. The second-order valence-corrected chi connectivity index (χ2v) is 7.41. The molecule has 1 aromatic rings. The van der Waals surface area contributed by atoms with Gasteiger partial charge < -0.3 is 0 Å². The number of nitrogens with zero attached hydrogens (tertiary/aromatic N) is 1. The highest BCUT2D eigenvalue weighted by molar-refractivity contribution is 9.10. The van der Waals surface area contributed by atoms with Crippen molar-refractivity contribution in [3.8, 4) is 0 Å². The van der Waals surface area contributed by atoms with Gasteiger partial charge in [0.05, 0.1) is 23.1 Å². The van der Waals surface area contributed by atoms with Gasteiger partial charge in [-0.2, -0.15) is 13.2 Å². The number of halogens is 4. The summed E-state index contributed by atoms with van der Waals surface area (Å²) in [6, 6.07) is 3.50. The van der Waals surface area contributed by atoms with Crippen LogP contribution >= 0.6 is 15.9 Å². The van der Waals surface area contributed by atoms with Gasteiger partial charge in [0.25, 0.3) is 0 Å². The molecule has 1 saturated heterocycles. The third-order valence-electron chi connectivity index (χ3n) is 5.44. The number of fused-ring (bicyclic) bond motifs is 5. The number of hydrogen-bond donors (Lipinski definition) is 0. The maximum Gasteiger partial charge on any atom is 0.417 e. The zero-order valence-electron chi connectivity index (χ0n) is 11.9. The van der Waals surface area contributed by atoms with Crippen molar-refractivity contribution in [1.29, 1.82) is 0 Å². The SMILES string of the molecule is O=C1C2C3CCC(C3)C2C(=O)N1c1ccc(Br)c(C(F)(F)F)c1. The van der Waals surface area contributed by atoms with Crippen LogP contribution in [0.2, 0.25) is 0 Å². The normalized spacial score (nSPS) is 32.8. The minimum Gasteiger partial charge on any atom is -0.274 e. The van der Waals surface area contributed by atoms with Gasteiger partial charge in [-0.3, -0.25) is 14.5 Å². The van der Waals surface area contributed by atoms with Crippen molar-refractivity contribution in [2.24, 2.45) is 23.7 Å². The molecule has 1 heterocycles. The highest BCUT2D eigenvalue weighted by Crippen LogP contribution is 2.56. The molecule has 0 N–H and O–H groups in total. The van der Waals surface area contributed by atoms with Crippen LogP contribution in [0.15, 0.2) is 22.7 Å². The Morgan fingerprint density at radius 2 is 1.61 bits per heavy atom. The van der Waals surface area contributed by atoms with E-state index in [4.69, 9.17) is 0 Å². The van der Waals surface area contributed by atoms with Crippen molar-refractivity contribution in [2.45, 2.75) is 25.4 Å². The maximum atomic E-state index is 13.1. The monoisotopic (exact) mass is 387 g/mol. The molecule has 1 aliphatic heterocycles. The molecule has 122 valence electrons. The van der Waals surface area contributed by atoms with Crippen molar-refractivity contribution >= 4 is 33.4 Å². The fourth-order valence-electron chi connectivity index (χ4n) is 4.53. The summed E-state index contributed by atoms with van der Waals surface area (Å²) in [5, 5.41) is 0. The first kappa shape index (κ1) is 15.2. The molecule has 2 bridgehead atoms. The van der Waals surface area contributed by atoms with E-state index < -0.39 is 11.7 Å². The molecule has 0 spiro atoms. The summed E-state index contributed by atoms with van der Waals surface area (Å²) in [4.78, 5) is 26.3. The Bertz CT molecular complexity index is 690. The van der Waals surface area contributed by atoms with Gasteiger partial charge in [-0.15, -0.1) is 0 Å². The predicted molar refractivity (Wildman–Crippen MR) is 79.4 cm³/mol. The van der Waals surface area contributed by atoms with Gasteiger partial charge in [-0.1, -0.05) is 15.9 Å². The van der Waals surface area contributed by atoms with Gasteiger partial charge in [-0.05, 0) is 49.3 Å². The van der Waals surface area contributed by atoms with E-state index in [0.29, 0.717) is 0 Å². The quantitative estimate of drug-likeness (QED) is 0.682. The number of carbonyl (C=O) groups excluding carboxylic acids is 2. The molecular formula is C16H13BrF3NO2. The van der Waals surface area contributed by atoms with Crippen LogP contribution in [0.25, 0.3) is 0 Å². The van der Waals surface area contributed by atoms with Crippen LogP contribution in [-0.4, -0.2) is 11.8 Å². The zero-order valence-corrected chi connectivity index (χ0v) is 13.5. The first-order chi connectivity index (χ1) is 10.8. The number of imide groups is 1. The van der Waals surface area contributed by atoms with Gasteiger partial charge in [0, 0.05) is 4.47 Å². The first-order valence-electron chi connectivity index (χ1n) is 7.53. The van der Waals surface area contributed by atoms with E-state index in [1.807, 2.05) is 0 Å². The minimum absolute atomic E-state index is 0.0179. The van der Waals surface area contributed by atoms with Crippen LogP contribution in [0.5, 0.6) is 0 Å². The third kappa shape index (κ3) is 2.08. The minimum atomic E-state index is -4.55. The Morgan fingerprint density at radius 1 is 1.04 bits per heavy atom. The number of rotatable bonds is 1. The van der Waals surface area contributed by atoms with Crippen molar-refractivity contribution in [2.75, 3.05) is 4.90 Å². The number of benzene rings is 1. The number of amides is 2. The summed E-state index contributed by atoms with van der Waals surface area (Å²) in [6.07, 6.45) is -1.77. The van der Waals surface area contributed by atoms with Gasteiger partial charge in [-0.25, -0.2) is 0 Å². The zero-order chi connectivity index (χ0) is 16.5. The number of alkyl halides is 3. The first-order valence-corrected chi connectivity index (χ1v) is 8.33. The smallest absolute Gasteiger partial charge is 0.274 e. The molecular weight excluding hydrogens is 375 g/mol. The van der Waals surface area contributed by atoms with Gasteiger partial charge in [0.2, 0.25) is 11.8 Å². The highest BCUT2D eigenvalue weighted by atomic mass is 79.9. The molecule has 2 amide bonds. The molecule has 3 aliphatic rings. The van der Waals surface area contributed by atoms with Crippen LogP contribution in [0, 0.1) is 23.7 Å². The number of hydrogen-bond acceptors (Lipinski definition) is 2. The lowest BCUT2D eigenvalue weighted by atomic mass is 9.81. The number of carbonyl (C=O) groups is 2. The maximum absolute atomic E-state index is 13.1. The van der Waals surface area contributed by atoms with E-state index in [1.165, 1.54) is 12.1 Å². The van der Waals surface area contributed by atoms with Gasteiger partial charge in [0.1, 0.15) is 0 Å². The number of anilines is 1. The summed E-state index contributed by atoms with van der Waals surface area (Å²) in [7, 11) is 0. The molecule has 4 atom stereocenters. The average molecular weight is 388 g/mol. The Labute approximate surface area is 139 Å². The summed E-state index contributed by atoms with van der Waals surface area (Å²) in [5.74, 6) is -0.906. The molecule has 4 rings (SSSR count). The average Bonchev–Trinajstić information content (AvgIpc) is 3.13. The molecule has 0 aromatic heterocycles. The van der Waals surface area contributed by atoms with Crippen LogP contribution in [0.4, 0.5) is 18.9 Å². The van der Waals surface area contributed by atoms with Crippen LogP contribution < -0.4 is 4.90 Å². The molecule has 2 saturated carbocycles. The molecule has 2 aliphatic carbocycles. The van der Waals surface area contributed by atoms with Crippen molar-refractivity contribution in [1.82, 2.24) is 0 Å². The Balaban J connectivity index is 1.74. The van der Waals surface area contributed by atoms with Crippen molar-refractivity contribution < 1.29 is 22.8 Å². The van der Waals surface area contributed by atoms with Gasteiger partial charge in [0.15, 0.2) is 0 Å². The Hall–Kier alpha value is -1.37. The van der Waals surface area contributed by atoms with Crippen molar-refractivity contribution in [3.63, 3.8) is 0 Å². The predicted octanol–water partition coefficient (Wildman–Crippen LogP) is 4.00. The molecule has 3 fully saturated rings.